The molecule has 2 N–H and O–H groups in total. The van der Waals surface area contributed by atoms with Crippen molar-refractivity contribution in [2.45, 2.75) is 46.3 Å². The van der Waals surface area contributed by atoms with Crippen molar-refractivity contribution >= 4 is 6.09 Å². The Kier molecular flexibility index (Phi) is 6.11. The molecule has 4 nitrogen and oxygen atoms in total. The molecule has 0 heterocycles. The van der Waals surface area contributed by atoms with Crippen LogP contribution >= 0.6 is 0 Å². The van der Waals surface area contributed by atoms with E-state index in [1.165, 1.54) is 0 Å². The van der Waals surface area contributed by atoms with Crippen molar-refractivity contribution in [1.82, 2.24) is 5.32 Å². The van der Waals surface area contributed by atoms with Gasteiger partial charge in [0.2, 0.25) is 0 Å². The molecule has 16 heavy (non-hydrogen) atoms. The van der Waals surface area contributed by atoms with Crippen molar-refractivity contribution in [1.29, 1.82) is 0 Å². The zero-order valence-electron chi connectivity index (χ0n) is 10.8. The second kappa shape index (κ2) is 6.53. The van der Waals surface area contributed by atoms with Crippen LogP contribution < -0.4 is 5.32 Å². The van der Waals surface area contributed by atoms with E-state index in [9.17, 15) is 4.79 Å². The number of hydrogen-bond donors (Lipinski definition) is 2. The normalized spacial score (nSPS) is 15.9. The highest BCUT2D eigenvalue weighted by Crippen LogP contribution is 2.07. The first-order valence-electron chi connectivity index (χ1n) is 5.53. The molecular weight excluding hydrogens is 206 g/mol. The monoisotopic (exact) mass is 229 g/mol. The van der Waals surface area contributed by atoms with Crippen LogP contribution in [0.2, 0.25) is 0 Å². The molecule has 0 bridgehead atoms. The van der Waals surface area contributed by atoms with E-state index in [4.69, 9.17) is 9.84 Å². The number of ether oxygens (including phenoxy) is 1. The molecule has 2 atom stereocenters. The standard InChI is InChI=1S/C12H23NO3/c1-9(8-14)6-7-10(2)13-11(15)16-12(3,4)5/h6-7,9-10,14H,8H2,1-5H3,(H,13,15)/b7-6+/t9-,10-/m1/s1. The van der Waals surface area contributed by atoms with Gasteiger partial charge in [0, 0.05) is 12.6 Å². The summed E-state index contributed by atoms with van der Waals surface area (Å²) in [5.41, 5.74) is -0.480. The molecule has 0 aliphatic heterocycles. The summed E-state index contributed by atoms with van der Waals surface area (Å²) in [4.78, 5) is 11.4. The Balaban J connectivity index is 4.01. The zero-order chi connectivity index (χ0) is 12.8. The van der Waals surface area contributed by atoms with E-state index < -0.39 is 11.7 Å². The number of hydrogen-bond acceptors (Lipinski definition) is 3. The van der Waals surface area contributed by atoms with Crippen LogP contribution in [0.25, 0.3) is 0 Å². The maximum Gasteiger partial charge on any atom is 0.408 e. The van der Waals surface area contributed by atoms with Crippen LogP contribution in [0.15, 0.2) is 12.2 Å². The molecular formula is C12H23NO3. The fraction of sp³-hybridized carbons (Fsp3) is 0.750. The van der Waals surface area contributed by atoms with Gasteiger partial charge in [0.1, 0.15) is 5.60 Å². The Hall–Kier alpha value is -1.03. The Morgan fingerprint density at radius 1 is 1.38 bits per heavy atom. The number of aliphatic hydroxyl groups excluding tert-OH is 1. The molecule has 0 saturated heterocycles. The lowest BCUT2D eigenvalue weighted by Gasteiger charge is -2.21. The van der Waals surface area contributed by atoms with Gasteiger partial charge in [0.15, 0.2) is 0 Å². The number of nitrogens with one attached hydrogen (secondary N) is 1. The summed E-state index contributed by atoms with van der Waals surface area (Å²) in [5, 5.41) is 11.5. The molecule has 0 aliphatic rings. The van der Waals surface area contributed by atoms with E-state index in [0.717, 1.165) is 0 Å². The average Bonchev–Trinajstić information content (AvgIpc) is 2.10. The van der Waals surface area contributed by atoms with Gasteiger partial charge in [-0.3, -0.25) is 0 Å². The molecule has 0 fully saturated rings. The molecule has 0 aromatic rings. The zero-order valence-corrected chi connectivity index (χ0v) is 10.8. The van der Waals surface area contributed by atoms with E-state index in [0.29, 0.717) is 0 Å². The number of amides is 1. The molecule has 4 heteroatoms. The summed E-state index contributed by atoms with van der Waals surface area (Å²) in [6.07, 6.45) is 3.27. The minimum atomic E-state index is -0.480. The largest absolute Gasteiger partial charge is 0.444 e. The maximum atomic E-state index is 11.4. The van der Waals surface area contributed by atoms with Gasteiger partial charge in [-0.2, -0.15) is 0 Å². The lowest BCUT2D eigenvalue weighted by atomic mass is 10.1. The predicted octanol–water partition coefficient (Wildman–Crippen LogP) is 2.08. The van der Waals surface area contributed by atoms with E-state index in [-0.39, 0.29) is 18.6 Å². The second-order valence-corrected chi connectivity index (χ2v) is 4.98. The van der Waals surface area contributed by atoms with Crippen molar-refractivity contribution in [3.05, 3.63) is 12.2 Å². The Bertz CT molecular complexity index is 243. The Morgan fingerprint density at radius 3 is 2.38 bits per heavy atom. The number of carbonyl (C=O) groups excluding carboxylic acids is 1. The van der Waals surface area contributed by atoms with Crippen molar-refractivity contribution < 1.29 is 14.6 Å². The fourth-order valence-electron chi connectivity index (χ4n) is 0.959. The maximum absolute atomic E-state index is 11.4. The highest BCUT2D eigenvalue weighted by molar-refractivity contribution is 5.68. The quantitative estimate of drug-likeness (QED) is 0.726. The lowest BCUT2D eigenvalue weighted by Crippen LogP contribution is -2.36. The van der Waals surface area contributed by atoms with E-state index >= 15 is 0 Å². The molecule has 1 amide bonds. The summed E-state index contributed by atoms with van der Waals surface area (Å²) in [7, 11) is 0. The Morgan fingerprint density at radius 2 is 1.94 bits per heavy atom. The summed E-state index contributed by atoms with van der Waals surface area (Å²) < 4.78 is 5.11. The van der Waals surface area contributed by atoms with Gasteiger partial charge in [0.05, 0.1) is 0 Å². The third kappa shape index (κ3) is 8.29. The van der Waals surface area contributed by atoms with Gasteiger partial charge in [0.25, 0.3) is 0 Å². The molecule has 0 rings (SSSR count). The van der Waals surface area contributed by atoms with E-state index in [1.807, 2.05) is 46.8 Å². The first-order valence-corrected chi connectivity index (χ1v) is 5.53. The predicted molar refractivity (Wildman–Crippen MR) is 64.2 cm³/mol. The fourth-order valence-corrected chi connectivity index (χ4v) is 0.959. The molecule has 0 aromatic carbocycles. The van der Waals surface area contributed by atoms with Gasteiger partial charge in [-0.15, -0.1) is 0 Å². The van der Waals surface area contributed by atoms with E-state index in [2.05, 4.69) is 5.32 Å². The number of aliphatic hydroxyl groups is 1. The molecule has 0 aromatic heterocycles. The van der Waals surface area contributed by atoms with Crippen LogP contribution in [0, 0.1) is 5.92 Å². The van der Waals surface area contributed by atoms with Gasteiger partial charge >= 0.3 is 6.09 Å². The van der Waals surface area contributed by atoms with Gasteiger partial charge < -0.3 is 15.2 Å². The molecule has 94 valence electrons. The highest BCUT2D eigenvalue weighted by atomic mass is 16.6. The summed E-state index contributed by atoms with van der Waals surface area (Å²) in [6, 6.07) is -0.108. The molecule has 0 saturated carbocycles. The number of alkyl carbamates (subject to hydrolysis) is 1. The number of carbonyl (C=O) groups is 1. The van der Waals surface area contributed by atoms with Gasteiger partial charge in [-0.25, -0.2) is 4.79 Å². The van der Waals surface area contributed by atoms with Crippen molar-refractivity contribution in [2.24, 2.45) is 5.92 Å². The average molecular weight is 229 g/mol. The smallest absolute Gasteiger partial charge is 0.408 e. The summed E-state index contributed by atoms with van der Waals surface area (Å²) in [6.45, 7) is 9.32. The third-order valence-corrected chi connectivity index (χ3v) is 1.76. The van der Waals surface area contributed by atoms with E-state index in [1.54, 1.807) is 0 Å². The molecule has 0 radical (unpaired) electrons. The lowest BCUT2D eigenvalue weighted by molar-refractivity contribution is 0.0518. The van der Waals surface area contributed by atoms with Crippen LogP contribution in [0.5, 0.6) is 0 Å². The third-order valence-electron chi connectivity index (χ3n) is 1.76. The molecule has 0 spiro atoms. The Labute approximate surface area is 97.7 Å². The minimum absolute atomic E-state index is 0.0999. The summed E-state index contributed by atoms with van der Waals surface area (Å²) in [5.74, 6) is 0.0999. The van der Waals surface area contributed by atoms with Crippen LogP contribution in [-0.4, -0.2) is 29.4 Å². The molecule has 0 unspecified atom stereocenters. The van der Waals surface area contributed by atoms with Gasteiger partial charge in [-0.1, -0.05) is 19.1 Å². The highest BCUT2D eigenvalue weighted by Gasteiger charge is 2.16. The van der Waals surface area contributed by atoms with Crippen LogP contribution in [0.4, 0.5) is 4.79 Å². The SMILES string of the molecule is C[C@H](/C=C/[C@@H](C)NC(=O)OC(C)(C)C)CO. The van der Waals surface area contributed by atoms with Gasteiger partial charge in [-0.05, 0) is 33.6 Å². The first kappa shape index (κ1) is 15.0. The topological polar surface area (TPSA) is 58.6 Å². The number of rotatable bonds is 4. The van der Waals surface area contributed by atoms with Crippen LogP contribution in [0.1, 0.15) is 34.6 Å². The first-order chi connectivity index (χ1) is 7.24. The van der Waals surface area contributed by atoms with Crippen molar-refractivity contribution in [3.63, 3.8) is 0 Å². The van der Waals surface area contributed by atoms with Crippen molar-refractivity contribution in [3.8, 4) is 0 Å². The van der Waals surface area contributed by atoms with Crippen molar-refractivity contribution in [2.75, 3.05) is 6.61 Å². The minimum Gasteiger partial charge on any atom is -0.444 e. The molecule has 0 aliphatic carbocycles. The summed E-state index contributed by atoms with van der Waals surface area (Å²) >= 11 is 0. The van der Waals surface area contributed by atoms with Crippen LogP contribution in [-0.2, 0) is 4.74 Å². The van der Waals surface area contributed by atoms with Crippen LogP contribution in [0.3, 0.4) is 0 Å². The second-order valence-electron chi connectivity index (χ2n) is 4.98.